The number of aryl methyl sites for hydroxylation is 2. The van der Waals surface area contributed by atoms with E-state index in [4.69, 9.17) is 0 Å². The van der Waals surface area contributed by atoms with Gasteiger partial charge in [-0.3, -0.25) is 0 Å². The smallest absolute Gasteiger partial charge is 0.235 e. The van der Waals surface area contributed by atoms with Crippen LogP contribution in [0, 0.1) is 13.8 Å². The molecule has 1 saturated heterocycles. The van der Waals surface area contributed by atoms with Crippen molar-refractivity contribution in [3.05, 3.63) is 46.1 Å². The van der Waals surface area contributed by atoms with E-state index in [1.807, 2.05) is 6.92 Å². The van der Waals surface area contributed by atoms with Gasteiger partial charge in [0.1, 0.15) is 43.4 Å². The van der Waals surface area contributed by atoms with Crippen LogP contribution in [0.2, 0.25) is 0 Å². The summed E-state index contributed by atoms with van der Waals surface area (Å²) in [6, 6.07) is 8.66. The molecule has 0 unspecified atom stereocenters. The van der Waals surface area contributed by atoms with Crippen molar-refractivity contribution >= 4 is 16.3 Å². The fourth-order valence-corrected chi connectivity index (χ4v) is 5.18. The molecule has 144 valence electrons. The Balaban J connectivity index is 1.70. The van der Waals surface area contributed by atoms with Crippen molar-refractivity contribution < 1.29 is 20.0 Å². The van der Waals surface area contributed by atoms with Crippen LogP contribution in [-0.2, 0) is 0 Å². The molecular formula is C19H27N5O2S+2. The van der Waals surface area contributed by atoms with Gasteiger partial charge < -0.3 is 20.0 Å². The lowest BCUT2D eigenvalue weighted by molar-refractivity contribution is -1.02. The number of hydrogen-bond donors (Lipinski definition) is 4. The molecule has 1 aromatic carbocycles. The number of aromatic hydroxyl groups is 1. The number of hydrogen-bond acceptors (Lipinski definition) is 5. The highest BCUT2D eigenvalue weighted by molar-refractivity contribution is 7.17. The number of quaternary nitrogens is 2. The maximum atomic E-state index is 10.9. The van der Waals surface area contributed by atoms with Crippen LogP contribution < -0.4 is 9.80 Å². The van der Waals surface area contributed by atoms with Crippen molar-refractivity contribution in [3.63, 3.8) is 0 Å². The van der Waals surface area contributed by atoms with Gasteiger partial charge in [-0.05, 0) is 13.8 Å². The van der Waals surface area contributed by atoms with Gasteiger partial charge in [-0.2, -0.15) is 4.52 Å². The number of benzene rings is 1. The van der Waals surface area contributed by atoms with Crippen molar-refractivity contribution in [3.8, 4) is 5.88 Å². The third-order valence-corrected chi connectivity index (χ3v) is 6.54. The summed E-state index contributed by atoms with van der Waals surface area (Å²) in [6.45, 7) is 9.03. The van der Waals surface area contributed by atoms with Gasteiger partial charge in [0.2, 0.25) is 10.8 Å². The molecule has 27 heavy (non-hydrogen) atoms. The second-order valence-electron chi connectivity index (χ2n) is 7.37. The molecule has 0 amide bonds. The summed E-state index contributed by atoms with van der Waals surface area (Å²) >= 11 is 1.53. The quantitative estimate of drug-likeness (QED) is 0.450. The van der Waals surface area contributed by atoms with Gasteiger partial charge in [-0.15, -0.1) is 5.10 Å². The normalized spacial score (nSPS) is 21.6. The Kier molecular flexibility index (Phi) is 5.14. The molecule has 1 fully saturated rings. The molecule has 0 radical (unpaired) electrons. The number of nitrogens with zero attached hydrogens (tertiary/aromatic N) is 3. The summed E-state index contributed by atoms with van der Waals surface area (Å²) in [7, 11) is 0. The molecular weight excluding hydrogens is 362 g/mol. The van der Waals surface area contributed by atoms with E-state index >= 15 is 0 Å². The summed E-state index contributed by atoms with van der Waals surface area (Å²) in [6.07, 6.45) is 0. The summed E-state index contributed by atoms with van der Waals surface area (Å²) in [5, 5.41) is 24.4. The van der Waals surface area contributed by atoms with Crippen LogP contribution in [0.25, 0.3) is 4.96 Å². The maximum Gasteiger partial charge on any atom is 0.235 e. The number of rotatable bonds is 5. The summed E-state index contributed by atoms with van der Waals surface area (Å²) in [5.41, 5.74) is 2.44. The molecule has 1 aliphatic rings. The van der Waals surface area contributed by atoms with E-state index in [1.54, 1.807) is 4.52 Å². The lowest BCUT2D eigenvalue weighted by Crippen LogP contribution is -3.28. The van der Waals surface area contributed by atoms with Crippen molar-refractivity contribution in [2.45, 2.75) is 19.9 Å². The molecule has 8 heteroatoms. The second kappa shape index (κ2) is 7.55. The topological polar surface area (TPSA) is 79.5 Å². The van der Waals surface area contributed by atoms with E-state index < -0.39 is 0 Å². The van der Waals surface area contributed by atoms with Gasteiger partial charge in [-0.25, -0.2) is 4.98 Å². The van der Waals surface area contributed by atoms with Gasteiger partial charge in [0, 0.05) is 5.56 Å². The van der Waals surface area contributed by atoms with E-state index in [0.717, 1.165) is 42.6 Å². The molecule has 3 heterocycles. The van der Waals surface area contributed by atoms with Crippen LogP contribution in [0.15, 0.2) is 24.3 Å². The summed E-state index contributed by atoms with van der Waals surface area (Å²) in [5.74, 6) is 0.877. The fourth-order valence-electron chi connectivity index (χ4n) is 3.99. The van der Waals surface area contributed by atoms with Crippen molar-refractivity contribution in [1.29, 1.82) is 0 Å². The number of aliphatic hydroxyl groups is 1. The molecule has 0 bridgehead atoms. The maximum absolute atomic E-state index is 10.9. The molecule has 0 saturated carbocycles. The van der Waals surface area contributed by atoms with E-state index in [1.165, 1.54) is 32.3 Å². The van der Waals surface area contributed by atoms with E-state index in [0.29, 0.717) is 5.82 Å². The first-order valence-electron chi connectivity index (χ1n) is 9.47. The monoisotopic (exact) mass is 389 g/mol. The van der Waals surface area contributed by atoms with Gasteiger partial charge in [0.25, 0.3) is 0 Å². The predicted octanol–water partition coefficient (Wildman–Crippen LogP) is -1.02. The predicted molar refractivity (Wildman–Crippen MR) is 104 cm³/mol. The van der Waals surface area contributed by atoms with E-state index in [2.05, 4.69) is 41.3 Å². The molecule has 3 aromatic rings. The van der Waals surface area contributed by atoms with Crippen LogP contribution in [-0.4, -0.2) is 64.1 Å². The summed E-state index contributed by atoms with van der Waals surface area (Å²) in [4.78, 5) is 8.99. The Morgan fingerprint density at radius 1 is 1.15 bits per heavy atom. The molecule has 7 nitrogen and oxygen atoms in total. The third-order valence-electron chi connectivity index (χ3n) is 5.45. The summed E-state index contributed by atoms with van der Waals surface area (Å²) < 4.78 is 1.56. The molecule has 4 N–H and O–H groups in total. The number of thiazole rings is 1. The van der Waals surface area contributed by atoms with Gasteiger partial charge >= 0.3 is 0 Å². The van der Waals surface area contributed by atoms with Crippen LogP contribution in [0.4, 0.5) is 0 Å². The zero-order valence-electron chi connectivity index (χ0n) is 15.8. The minimum atomic E-state index is 0.0649. The SMILES string of the molecule is Cc1ccc([C@H](c2sc3nc(C)nn3c2O)[NH+]2CC[NH+](CCO)CC2)cc1. The second-order valence-corrected chi connectivity index (χ2v) is 8.38. The molecule has 4 rings (SSSR count). The van der Waals surface area contributed by atoms with Crippen molar-refractivity contribution in [1.82, 2.24) is 14.6 Å². The highest BCUT2D eigenvalue weighted by atomic mass is 32.1. The largest absolute Gasteiger partial charge is 0.492 e. The number of fused-ring (bicyclic) bond motifs is 1. The van der Waals surface area contributed by atoms with Gasteiger partial charge in [0.15, 0.2) is 6.04 Å². The standard InChI is InChI=1S/C19H25N5O2S/c1-13-3-5-15(6-4-13)16(23-9-7-22(8-10-23)11-12-25)17-18(26)24-19(27-17)20-14(2)21-24/h3-6,16,25-26H,7-12H2,1-2H3/p+2/t16-/m1/s1. The van der Waals surface area contributed by atoms with E-state index in [-0.39, 0.29) is 18.5 Å². The lowest BCUT2D eigenvalue weighted by atomic mass is 10.0. The third kappa shape index (κ3) is 3.58. The average Bonchev–Trinajstić information content (AvgIpc) is 3.16. The lowest BCUT2D eigenvalue weighted by Gasteiger charge is -2.34. The minimum absolute atomic E-state index is 0.0649. The zero-order chi connectivity index (χ0) is 19.0. The fraction of sp³-hybridized carbons (Fsp3) is 0.474. The van der Waals surface area contributed by atoms with Crippen molar-refractivity contribution in [2.75, 3.05) is 39.3 Å². The van der Waals surface area contributed by atoms with Crippen LogP contribution in [0.3, 0.4) is 0 Å². The highest BCUT2D eigenvalue weighted by Crippen LogP contribution is 2.35. The Labute approximate surface area is 162 Å². The molecule has 1 atom stereocenters. The Hall–Kier alpha value is -2.00. The Bertz CT molecular complexity index is 912. The number of piperazine rings is 1. The molecule has 2 aromatic heterocycles. The van der Waals surface area contributed by atoms with Gasteiger partial charge in [-0.1, -0.05) is 41.2 Å². The van der Waals surface area contributed by atoms with Crippen molar-refractivity contribution in [2.24, 2.45) is 0 Å². The number of aliphatic hydroxyl groups excluding tert-OH is 1. The van der Waals surface area contributed by atoms with Gasteiger partial charge in [0.05, 0.1) is 6.61 Å². The highest BCUT2D eigenvalue weighted by Gasteiger charge is 2.35. The Morgan fingerprint density at radius 3 is 2.48 bits per heavy atom. The van der Waals surface area contributed by atoms with Crippen LogP contribution in [0.5, 0.6) is 5.88 Å². The minimum Gasteiger partial charge on any atom is -0.492 e. The number of nitrogens with one attached hydrogen (secondary N) is 2. The molecule has 1 aliphatic heterocycles. The van der Waals surface area contributed by atoms with E-state index in [9.17, 15) is 10.2 Å². The van der Waals surface area contributed by atoms with Crippen LogP contribution >= 0.6 is 11.3 Å². The first-order chi connectivity index (χ1) is 13.1. The number of aromatic nitrogens is 3. The first kappa shape index (κ1) is 18.4. The average molecular weight is 390 g/mol. The molecule has 0 aliphatic carbocycles. The molecule has 0 spiro atoms. The first-order valence-corrected chi connectivity index (χ1v) is 10.3. The Morgan fingerprint density at radius 2 is 1.85 bits per heavy atom. The van der Waals surface area contributed by atoms with Crippen LogP contribution in [0.1, 0.15) is 27.9 Å². The zero-order valence-corrected chi connectivity index (χ0v) is 16.6.